The van der Waals surface area contributed by atoms with E-state index < -0.39 is 0 Å². The van der Waals surface area contributed by atoms with Gasteiger partial charge in [0, 0.05) is 0 Å². The predicted octanol–water partition coefficient (Wildman–Crippen LogP) is 19.4. The van der Waals surface area contributed by atoms with Gasteiger partial charge in [-0.3, -0.25) is 0 Å². The third-order valence-electron chi connectivity index (χ3n) is 12.3. The summed E-state index contributed by atoms with van der Waals surface area (Å²) in [6.07, 6.45) is 0. The van der Waals surface area contributed by atoms with Crippen molar-refractivity contribution < 1.29 is 0 Å². The van der Waals surface area contributed by atoms with Gasteiger partial charge in [-0.1, -0.05) is 287 Å². The van der Waals surface area contributed by atoms with E-state index in [1.54, 1.807) is 0 Å². The van der Waals surface area contributed by atoms with Crippen molar-refractivity contribution in [1.82, 2.24) is 0 Å². The minimum atomic E-state index is 0.190. The lowest BCUT2D eigenvalue weighted by Gasteiger charge is -2.26. The lowest BCUT2D eigenvalue weighted by Crippen LogP contribution is -2.15. The lowest BCUT2D eigenvalue weighted by molar-refractivity contribution is 0.568. The summed E-state index contributed by atoms with van der Waals surface area (Å²) in [5.74, 6) is 0. The molecule has 6 aromatic rings. The fraction of sp³-hybridized carbons (Fsp3) is 0.500. The molecule has 0 N–H and O–H groups in total. The standard InChI is InChI=1S/2C18H24.2C14H22/c1-17(2,3)15-9-7-14-12-16(18(4,5)6)10-8-13(14)11-15;1-17(2,3)15-11-12-16(18(4,5)6)14-10-8-7-9-13(14)15;1-13(2,3)11-7-9-12(10-8-11)14(4,5)6;1-13(2,3)11-8-7-9-12(10-11)14(4,5)6/h2*7-12H,1-6H3;2*7-10H,1-6H3. The van der Waals surface area contributed by atoms with Crippen molar-refractivity contribution in [2.75, 3.05) is 0 Å². The maximum absolute atomic E-state index is 2.33. The number of fused-ring (bicyclic) bond motifs is 2. The molecule has 0 bridgehead atoms. The molecule has 0 fully saturated rings. The molecular formula is C64H92. The highest BCUT2D eigenvalue weighted by molar-refractivity contribution is 5.90. The molecule has 0 saturated carbocycles. The summed E-state index contributed by atoms with van der Waals surface area (Å²) in [5, 5.41) is 5.49. The molecule has 0 spiro atoms. The zero-order valence-electron chi connectivity index (χ0n) is 45.5. The first-order valence-corrected chi connectivity index (χ1v) is 24.1. The van der Waals surface area contributed by atoms with Crippen molar-refractivity contribution in [3.63, 3.8) is 0 Å². The second-order valence-corrected chi connectivity index (χ2v) is 26.6. The molecular weight excluding hydrogens is 769 g/mol. The van der Waals surface area contributed by atoms with Crippen LogP contribution in [-0.4, -0.2) is 0 Å². The monoisotopic (exact) mass is 861 g/mol. The van der Waals surface area contributed by atoms with Crippen LogP contribution in [0.2, 0.25) is 0 Å². The first-order chi connectivity index (χ1) is 28.8. The molecule has 0 aliphatic rings. The Morgan fingerprint density at radius 3 is 0.703 bits per heavy atom. The van der Waals surface area contributed by atoms with Crippen molar-refractivity contribution in [3.05, 3.63) is 166 Å². The van der Waals surface area contributed by atoms with Gasteiger partial charge in [0.05, 0.1) is 0 Å². The fourth-order valence-electron chi connectivity index (χ4n) is 7.71. The molecule has 0 nitrogen and oxygen atoms in total. The molecule has 0 heterocycles. The van der Waals surface area contributed by atoms with E-state index in [0.29, 0.717) is 0 Å². The Labute approximate surface area is 395 Å². The molecule has 0 saturated heterocycles. The van der Waals surface area contributed by atoms with E-state index in [1.807, 2.05) is 0 Å². The maximum Gasteiger partial charge on any atom is -0.0126 e. The SMILES string of the molecule is CC(C)(C)c1ccc(C(C)(C)C)c2ccccc12.CC(C)(C)c1ccc(C(C)(C)C)cc1.CC(C)(C)c1ccc2cc(C(C)(C)C)ccc2c1.CC(C)(C)c1cccc(C(C)(C)C)c1. The van der Waals surface area contributed by atoms with Gasteiger partial charge >= 0.3 is 0 Å². The van der Waals surface area contributed by atoms with Crippen LogP contribution in [0.25, 0.3) is 21.5 Å². The summed E-state index contributed by atoms with van der Waals surface area (Å²) in [6.45, 7) is 54.3. The van der Waals surface area contributed by atoms with Gasteiger partial charge in [-0.15, -0.1) is 0 Å². The van der Waals surface area contributed by atoms with E-state index in [-0.39, 0.29) is 43.3 Å². The summed E-state index contributed by atoms with van der Waals surface area (Å²) >= 11 is 0. The largest absolute Gasteiger partial charge is 0.0617 e. The predicted molar refractivity (Wildman–Crippen MR) is 290 cm³/mol. The Morgan fingerprint density at radius 2 is 0.453 bits per heavy atom. The van der Waals surface area contributed by atoms with Crippen molar-refractivity contribution in [2.24, 2.45) is 0 Å². The van der Waals surface area contributed by atoms with Crippen LogP contribution >= 0.6 is 0 Å². The number of rotatable bonds is 0. The van der Waals surface area contributed by atoms with Gasteiger partial charge in [0.1, 0.15) is 0 Å². The first kappa shape index (κ1) is 54.2. The highest BCUT2D eigenvalue weighted by atomic mass is 14.3. The van der Waals surface area contributed by atoms with E-state index >= 15 is 0 Å². The normalized spacial score (nSPS) is 13.0. The van der Waals surface area contributed by atoms with Crippen molar-refractivity contribution in [2.45, 2.75) is 209 Å². The minimum absolute atomic E-state index is 0.190. The van der Waals surface area contributed by atoms with Crippen LogP contribution in [0.1, 0.15) is 211 Å². The van der Waals surface area contributed by atoms with Crippen molar-refractivity contribution >= 4 is 21.5 Å². The summed E-state index contributed by atoms with van der Waals surface area (Å²) in [7, 11) is 0. The second-order valence-electron chi connectivity index (χ2n) is 26.6. The molecule has 0 amide bonds. The Morgan fingerprint density at radius 1 is 0.203 bits per heavy atom. The summed E-state index contributed by atoms with van der Waals surface area (Å²) in [5.41, 5.74) is 13.2. The van der Waals surface area contributed by atoms with Gasteiger partial charge < -0.3 is 0 Å². The van der Waals surface area contributed by atoms with Crippen LogP contribution in [-0.2, 0) is 43.3 Å². The second kappa shape index (κ2) is 19.7. The van der Waals surface area contributed by atoms with Gasteiger partial charge in [0.2, 0.25) is 0 Å². The van der Waals surface area contributed by atoms with Gasteiger partial charge in [0.15, 0.2) is 0 Å². The van der Waals surface area contributed by atoms with E-state index in [1.165, 1.54) is 66.1 Å². The summed E-state index contributed by atoms with van der Waals surface area (Å²) < 4.78 is 0. The highest BCUT2D eigenvalue weighted by Gasteiger charge is 2.23. The highest BCUT2D eigenvalue weighted by Crippen LogP contribution is 2.37. The fourth-order valence-corrected chi connectivity index (χ4v) is 7.71. The van der Waals surface area contributed by atoms with E-state index in [4.69, 9.17) is 0 Å². The van der Waals surface area contributed by atoms with E-state index in [9.17, 15) is 0 Å². The molecule has 0 aliphatic carbocycles. The van der Waals surface area contributed by atoms with Crippen LogP contribution in [0.15, 0.2) is 121 Å². The molecule has 0 radical (unpaired) electrons. The molecule has 0 aliphatic heterocycles. The summed E-state index contributed by atoms with van der Waals surface area (Å²) in [4.78, 5) is 0. The first-order valence-electron chi connectivity index (χ1n) is 24.1. The molecule has 0 aromatic heterocycles. The van der Waals surface area contributed by atoms with Gasteiger partial charge in [-0.05, 0) is 109 Å². The molecule has 64 heavy (non-hydrogen) atoms. The molecule has 6 aromatic carbocycles. The average Bonchev–Trinajstić information content (AvgIpc) is 3.15. The Hall–Kier alpha value is -4.16. The van der Waals surface area contributed by atoms with Gasteiger partial charge in [-0.25, -0.2) is 0 Å². The average molecular weight is 861 g/mol. The molecule has 6 rings (SSSR count). The van der Waals surface area contributed by atoms with Gasteiger partial charge in [0.25, 0.3) is 0 Å². The van der Waals surface area contributed by atoms with Crippen LogP contribution in [0.4, 0.5) is 0 Å². The Balaban J connectivity index is 0.000000229. The zero-order valence-corrected chi connectivity index (χ0v) is 45.5. The quantitative estimate of drug-likeness (QED) is 0.143. The Bertz CT molecular complexity index is 2240. The number of benzene rings is 6. The van der Waals surface area contributed by atoms with Crippen LogP contribution < -0.4 is 0 Å². The zero-order chi connectivity index (χ0) is 49.1. The van der Waals surface area contributed by atoms with Crippen LogP contribution in [0, 0.1) is 0 Å². The third-order valence-corrected chi connectivity index (χ3v) is 12.3. The Kier molecular flexibility index (Phi) is 16.7. The molecule has 0 unspecified atom stereocenters. The van der Waals surface area contributed by atoms with Gasteiger partial charge in [-0.2, -0.15) is 0 Å². The lowest BCUT2D eigenvalue weighted by atomic mass is 9.78. The van der Waals surface area contributed by atoms with Crippen LogP contribution in [0.3, 0.4) is 0 Å². The van der Waals surface area contributed by atoms with E-state index in [2.05, 4.69) is 287 Å². The number of hydrogen-bond acceptors (Lipinski definition) is 0. The van der Waals surface area contributed by atoms with E-state index in [0.717, 1.165) is 0 Å². The molecule has 0 heteroatoms. The topological polar surface area (TPSA) is 0 Å². The minimum Gasteiger partial charge on any atom is -0.0617 e. The smallest absolute Gasteiger partial charge is 0.0126 e. The molecule has 0 atom stereocenters. The van der Waals surface area contributed by atoms with Crippen molar-refractivity contribution in [1.29, 1.82) is 0 Å². The summed E-state index contributed by atoms with van der Waals surface area (Å²) in [6, 6.07) is 45.0. The third kappa shape index (κ3) is 15.5. The number of hydrogen-bond donors (Lipinski definition) is 0. The molecule has 348 valence electrons. The van der Waals surface area contributed by atoms with Crippen molar-refractivity contribution in [3.8, 4) is 0 Å². The maximum atomic E-state index is 2.33. The van der Waals surface area contributed by atoms with Crippen LogP contribution in [0.5, 0.6) is 0 Å².